The van der Waals surface area contributed by atoms with Crippen molar-refractivity contribution in [3.63, 3.8) is 0 Å². The predicted molar refractivity (Wildman–Crippen MR) is 97.2 cm³/mol. The molecule has 0 heterocycles. The standard InChI is InChI=1S/C19H21Cl2NO/c1-14(10-11-15-6-3-2-4-7-15)22-19(23)13-12-16-17(20)8-5-9-18(16)21/h2-9,14H,10-13H2,1H3,(H,22,23)/t14-/m0/s1. The molecule has 0 spiro atoms. The van der Waals surface area contributed by atoms with Crippen LogP contribution in [0, 0.1) is 0 Å². The van der Waals surface area contributed by atoms with Gasteiger partial charge in [-0.25, -0.2) is 0 Å². The number of hydrogen-bond donors (Lipinski definition) is 1. The molecule has 23 heavy (non-hydrogen) atoms. The van der Waals surface area contributed by atoms with Crippen molar-refractivity contribution in [2.24, 2.45) is 0 Å². The molecule has 0 unspecified atom stereocenters. The quantitative estimate of drug-likeness (QED) is 0.743. The Morgan fingerprint density at radius 3 is 2.30 bits per heavy atom. The van der Waals surface area contributed by atoms with E-state index in [1.54, 1.807) is 18.2 Å². The van der Waals surface area contributed by atoms with Crippen LogP contribution in [0.5, 0.6) is 0 Å². The molecular weight excluding hydrogens is 329 g/mol. The Kier molecular flexibility index (Phi) is 6.94. The minimum atomic E-state index is 0.0292. The average molecular weight is 350 g/mol. The maximum absolute atomic E-state index is 12.1. The van der Waals surface area contributed by atoms with Crippen LogP contribution in [0.25, 0.3) is 0 Å². The molecule has 0 aliphatic rings. The van der Waals surface area contributed by atoms with Gasteiger partial charge >= 0.3 is 0 Å². The Bertz CT molecular complexity index is 623. The van der Waals surface area contributed by atoms with Gasteiger partial charge in [0.2, 0.25) is 5.91 Å². The second-order valence-corrected chi connectivity index (χ2v) is 6.51. The summed E-state index contributed by atoms with van der Waals surface area (Å²) in [5.41, 5.74) is 2.12. The molecule has 2 rings (SSSR count). The summed E-state index contributed by atoms with van der Waals surface area (Å²) in [6, 6.07) is 15.8. The molecule has 0 radical (unpaired) electrons. The molecule has 0 saturated heterocycles. The van der Waals surface area contributed by atoms with Crippen molar-refractivity contribution < 1.29 is 4.79 Å². The molecule has 0 aromatic heterocycles. The van der Waals surface area contributed by atoms with E-state index in [-0.39, 0.29) is 11.9 Å². The van der Waals surface area contributed by atoms with Crippen LogP contribution in [0.2, 0.25) is 10.0 Å². The zero-order valence-corrected chi connectivity index (χ0v) is 14.7. The van der Waals surface area contributed by atoms with Gasteiger partial charge in [0.05, 0.1) is 0 Å². The van der Waals surface area contributed by atoms with E-state index in [2.05, 4.69) is 17.4 Å². The van der Waals surface area contributed by atoms with E-state index >= 15 is 0 Å². The van der Waals surface area contributed by atoms with Crippen LogP contribution in [0.1, 0.15) is 30.9 Å². The van der Waals surface area contributed by atoms with E-state index in [4.69, 9.17) is 23.2 Å². The average Bonchev–Trinajstić information content (AvgIpc) is 2.53. The van der Waals surface area contributed by atoms with Crippen LogP contribution in [-0.2, 0) is 17.6 Å². The summed E-state index contributed by atoms with van der Waals surface area (Å²) in [4.78, 5) is 12.1. The number of rotatable bonds is 7. The number of halogens is 2. The van der Waals surface area contributed by atoms with Crippen LogP contribution in [0.4, 0.5) is 0 Å². The third-order valence-electron chi connectivity index (χ3n) is 3.78. The molecule has 2 aromatic rings. The van der Waals surface area contributed by atoms with Crippen molar-refractivity contribution in [2.45, 2.75) is 38.6 Å². The molecule has 0 aliphatic carbocycles. The van der Waals surface area contributed by atoms with Crippen molar-refractivity contribution in [1.29, 1.82) is 0 Å². The number of nitrogens with one attached hydrogen (secondary N) is 1. The largest absolute Gasteiger partial charge is 0.354 e. The molecular formula is C19H21Cl2NO. The molecule has 122 valence electrons. The van der Waals surface area contributed by atoms with Crippen molar-refractivity contribution >= 4 is 29.1 Å². The monoisotopic (exact) mass is 349 g/mol. The van der Waals surface area contributed by atoms with Gasteiger partial charge in [0.15, 0.2) is 0 Å². The Labute approximate surface area is 147 Å². The Hall–Kier alpha value is -1.51. The highest BCUT2D eigenvalue weighted by atomic mass is 35.5. The number of amides is 1. The summed E-state index contributed by atoms with van der Waals surface area (Å²) in [5, 5.41) is 4.26. The van der Waals surface area contributed by atoms with Crippen LogP contribution >= 0.6 is 23.2 Å². The number of carbonyl (C=O) groups is 1. The number of aryl methyl sites for hydroxylation is 1. The summed E-state index contributed by atoms with van der Waals surface area (Å²) in [6.45, 7) is 2.03. The zero-order chi connectivity index (χ0) is 16.7. The molecule has 0 saturated carbocycles. The molecule has 2 aromatic carbocycles. The van der Waals surface area contributed by atoms with Gasteiger partial charge in [0.25, 0.3) is 0 Å². The number of benzene rings is 2. The highest BCUT2D eigenvalue weighted by Crippen LogP contribution is 2.25. The van der Waals surface area contributed by atoms with Gasteiger partial charge in [0.1, 0.15) is 0 Å². The van der Waals surface area contributed by atoms with E-state index in [1.807, 2.05) is 25.1 Å². The van der Waals surface area contributed by atoms with E-state index in [0.717, 1.165) is 18.4 Å². The van der Waals surface area contributed by atoms with Gasteiger partial charge in [0, 0.05) is 22.5 Å². The third kappa shape index (κ3) is 5.89. The Morgan fingerprint density at radius 2 is 1.65 bits per heavy atom. The minimum Gasteiger partial charge on any atom is -0.354 e. The molecule has 1 atom stereocenters. The minimum absolute atomic E-state index is 0.0292. The van der Waals surface area contributed by atoms with Crippen molar-refractivity contribution in [2.75, 3.05) is 0 Å². The van der Waals surface area contributed by atoms with Gasteiger partial charge in [-0.15, -0.1) is 0 Å². The van der Waals surface area contributed by atoms with Crippen LogP contribution < -0.4 is 5.32 Å². The summed E-state index contributed by atoms with van der Waals surface area (Å²) < 4.78 is 0. The van der Waals surface area contributed by atoms with Gasteiger partial charge in [-0.05, 0) is 49.4 Å². The van der Waals surface area contributed by atoms with E-state index in [0.29, 0.717) is 22.9 Å². The maximum atomic E-state index is 12.1. The van der Waals surface area contributed by atoms with E-state index in [1.165, 1.54) is 5.56 Å². The van der Waals surface area contributed by atoms with Gasteiger partial charge in [-0.2, -0.15) is 0 Å². The first-order valence-electron chi connectivity index (χ1n) is 7.82. The fourth-order valence-corrected chi connectivity index (χ4v) is 3.04. The zero-order valence-electron chi connectivity index (χ0n) is 13.2. The summed E-state index contributed by atoms with van der Waals surface area (Å²) in [7, 11) is 0. The molecule has 1 N–H and O–H groups in total. The number of hydrogen-bond acceptors (Lipinski definition) is 1. The topological polar surface area (TPSA) is 29.1 Å². The highest BCUT2D eigenvalue weighted by Gasteiger charge is 2.11. The molecule has 0 aliphatic heterocycles. The van der Waals surface area contributed by atoms with Crippen LogP contribution in [0.15, 0.2) is 48.5 Å². The maximum Gasteiger partial charge on any atom is 0.220 e. The second kappa shape index (κ2) is 8.95. The second-order valence-electron chi connectivity index (χ2n) is 5.69. The Morgan fingerprint density at radius 1 is 1.00 bits per heavy atom. The summed E-state index contributed by atoms with van der Waals surface area (Å²) >= 11 is 12.2. The van der Waals surface area contributed by atoms with Gasteiger partial charge < -0.3 is 5.32 Å². The lowest BCUT2D eigenvalue weighted by Gasteiger charge is -2.14. The lowest BCUT2D eigenvalue weighted by atomic mass is 10.1. The normalized spacial score (nSPS) is 12.0. The Balaban J connectivity index is 1.76. The number of carbonyl (C=O) groups excluding carboxylic acids is 1. The lowest BCUT2D eigenvalue weighted by Crippen LogP contribution is -2.33. The van der Waals surface area contributed by atoms with Crippen LogP contribution in [0.3, 0.4) is 0 Å². The van der Waals surface area contributed by atoms with E-state index < -0.39 is 0 Å². The third-order valence-corrected chi connectivity index (χ3v) is 4.49. The van der Waals surface area contributed by atoms with E-state index in [9.17, 15) is 4.79 Å². The fourth-order valence-electron chi connectivity index (χ4n) is 2.46. The fraction of sp³-hybridized carbons (Fsp3) is 0.316. The van der Waals surface area contributed by atoms with Crippen molar-refractivity contribution in [3.8, 4) is 0 Å². The lowest BCUT2D eigenvalue weighted by molar-refractivity contribution is -0.121. The van der Waals surface area contributed by atoms with Crippen molar-refractivity contribution in [1.82, 2.24) is 5.32 Å². The summed E-state index contributed by atoms with van der Waals surface area (Å²) in [5.74, 6) is 0.0292. The molecule has 4 heteroatoms. The predicted octanol–water partition coefficient (Wildman–Crippen LogP) is 5.06. The molecule has 1 amide bonds. The van der Waals surface area contributed by atoms with Gasteiger partial charge in [-0.1, -0.05) is 59.6 Å². The first-order chi connectivity index (χ1) is 11.1. The summed E-state index contributed by atoms with van der Waals surface area (Å²) in [6.07, 6.45) is 2.82. The first-order valence-corrected chi connectivity index (χ1v) is 8.58. The van der Waals surface area contributed by atoms with Crippen LogP contribution in [-0.4, -0.2) is 11.9 Å². The molecule has 2 nitrogen and oxygen atoms in total. The van der Waals surface area contributed by atoms with Gasteiger partial charge in [-0.3, -0.25) is 4.79 Å². The first kappa shape index (κ1) is 17.8. The SMILES string of the molecule is C[C@@H](CCc1ccccc1)NC(=O)CCc1c(Cl)cccc1Cl. The molecule has 0 fully saturated rings. The highest BCUT2D eigenvalue weighted by molar-refractivity contribution is 6.36. The molecule has 0 bridgehead atoms. The smallest absolute Gasteiger partial charge is 0.220 e. The van der Waals surface area contributed by atoms with Crippen molar-refractivity contribution in [3.05, 3.63) is 69.7 Å².